The first-order valence-corrected chi connectivity index (χ1v) is 7.13. The lowest BCUT2D eigenvalue weighted by Crippen LogP contribution is -2.05. The first kappa shape index (κ1) is 14.6. The number of hydrogen-bond donors (Lipinski definition) is 0. The van der Waals surface area contributed by atoms with Gasteiger partial charge in [0.2, 0.25) is 0 Å². The van der Waals surface area contributed by atoms with Crippen LogP contribution in [0.15, 0.2) is 18.2 Å². The Morgan fingerprint density at radius 3 is 2.80 bits per heavy atom. The van der Waals surface area contributed by atoms with Gasteiger partial charge in [-0.3, -0.25) is 10.1 Å². The Kier molecular flexibility index (Phi) is 4.43. The number of nitro groups is 1. The molecular weight excluding hydrogens is 331 g/mol. The second-order valence-electron chi connectivity index (χ2n) is 4.14. The van der Waals surface area contributed by atoms with Crippen LogP contribution in [-0.4, -0.2) is 19.7 Å². The van der Waals surface area contributed by atoms with E-state index < -0.39 is 10.7 Å². The highest BCUT2D eigenvalue weighted by atomic mass is 79.9. The minimum Gasteiger partial charge on any atom is -0.310 e. The number of nitro benzene ring substituents is 1. The zero-order valence-electron chi connectivity index (χ0n) is 10.7. The largest absolute Gasteiger partial charge is 0.310 e. The van der Waals surface area contributed by atoms with Gasteiger partial charge in [0.1, 0.15) is 11.6 Å². The van der Waals surface area contributed by atoms with Crippen LogP contribution in [0, 0.1) is 15.9 Å². The molecule has 0 saturated heterocycles. The average Bonchev–Trinajstić information content (AvgIpc) is 2.82. The summed E-state index contributed by atoms with van der Waals surface area (Å²) in [6.45, 7) is 2.62. The van der Waals surface area contributed by atoms with Crippen molar-refractivity contribution in [1.29, 1.82) is 0 Å². The van der Waals surface area contributed by atoms with Crippen LogP contribution in [-0.2, 0) is 11.9 Å². The number of aromatic nitrogens is 3. The average molecular weight is 343 g/mol. The minimum atomic E-state index is -0.650. The highest BCUT2D eigenvalue weighted by molar-refractivity contribution is 9.08. The van der Waals surface area contributed by atoms with Crippen molar-refractivity contribution in [3.05, 3.63) is 40.0 Å². The molecule has 6 nitrogen and oxygen atoms in total. The van der Waals surface area contributed by atoms with E-state index in [1.165, 1.54) is 12.1 Å². The van der Waals surface area contributed by atoms with Crippen molar-refractivity contribution < 1.29 is 9.31 Å². The normalized spacial score (nSPS) is 10.8. The lowest BCUT2D eigenvalue weighted by atomic mass is 10.1. The van der Waals surface area contributed by atoms with Crippen molar-refractivity contribution >= 4 is 21.6 Å². The van der Waals surface area contributed by atoms with Gasteiger partial charge in [0.25, 0.3) is 5.69 Å². The summed E-state index contributed by atoms with van der Waals surface area (Å²) in [7, 11) is 0. The molecule has 1 heterocycles. The van der Waals surface area contributed by atoms with Gasteiger partial charge in [-0.05, 0) is 18.6 Å². The highest BCUT2D eigenvalue weighted by Gasteiger charge is 2.22. The quantitative estimate of drug-likeness (QED) is 0.474. The van der Waals surface area contributed by atoms with Crippen LogP contribution in [0.2, 0.25) is 0 Å². The molecule has 1 aromatic carbocycles. The minimum absolute atomic E-state index is 0.268. The van der Waals surface area contributed by atoms with Crippen molar-refractivity contribution in [2.45, 2.75) is 25.2 Å². The molecule has 1 aromatic heterocycles. The summed E-state index contributed by atoms with van der Waals surface area (Å²) >= 11 is 3.31. The summed E-state index contributed by atoms with van der Waals surface area (Å²) in [4.78, 5) is 10.5. The van der Waals surface area contributed by atoms with Gasteiger partial charge < -0.3 is 4.57 Å². The van der Waals surface area contributed by atoms with Crippen LogP contribution in [0.5, 0.6) is 0 Å². The van der Waals surface area contributed by atoms with E-state index in [4.69, 9.17) is 0 Å². The molecule has 0 radical (unpaired) electrons. The van der Waals surface area contributed by atoms with Gasteiger partial charge in [-0.15, -0.1) is 10.2 Å². The Hall–Kier alpha value is -1.83. The molecule has 0 unspecified atom stereocenters. The molecule has 0 atom stereocenters. The Morgan fingerprint density at radius 1 is 1.45 bits per heavy atom. The topological polar surface area (TPSA) is 73.8 Å². The maximum Gasteiger partial charge on any atom is 0.283 e. The molecule has 20 heavy (non-hydrogen) atoms. The monoisotopic (exact) mass is 342 g/mol. The fourth-order valence-corrected chi connectivity index (χ4v) is 2.35. The molecule has 0 amide bonds. The molecular formula is C12H12BrFN4O2. The fourth-order valence-electron chi connectivity index (χ4n) is 1.94. The molecule has 0 fully saturated rings. The van der Waals surface area contributed by atoms with E-state index in [1.807, 2.05) is 6.92 Å². The number of benzene rings is 1. The maximum absolute atomic E-state index is 13.2. The molecule has 0 bridgehead atoms. The fraction of sp³-hybridized carbons (Fsp3) is 0.333. The summed E-state index contributed by atoms with van der Waals surface area (Å²) in [5.41, 5.74) is -0.0413. The van der Waals surface area contributed by atoms with E-state index in [2.05, 4.69) is 26.1 Å². The summed E-state index contributed by atoms with van der Waals surface area (Å²) in [6.07, 6.45) is 0.833. The second-order valence-corrected chi connectivity index (χ2v) is 4.70. The van der Waals surface area contributed by atoms with Crippen molar-refractivity contribution in [2.24, 2.45) is 0 Å². The number of rotatable bonds is 5. The van der Waals surface area contributed by atoms with Crippen LogP contribution in [0.25, 0.3) is 11.4 Å². The Balaban J connectivity index is 2.62. The maximum atomic E-state index is 13.2. The number of hydrogen-bond acceptors (Lipinski definition) is 4. The van der Waals surface area contributed by atoms with Crippen LogP contribution in [0.1, 0.15) is 19.2 Å². The number of halogens is 2. The predicted molar refractivity (Wildman–Crippen MR) is 75.0 cm³/mol. The molecule has 0 aliphatic rings. The van der Waals surface area contributed by atoms with E-state index in [9.17, 15) is 14.5 Å². The Bertz CT molecular complexity index is 644. The van der Waals surface area contributed by atoms with Gasteiger partial charge in [0, 0.05) is 6.54 Å². The zero-order chi connectivity index (χ0) is 14.7. The standard InChI is InChI=1S/C12H12BrFN4O2/c1-2-5-17-11(7-13)15-16-12(17)9-4-3-8(14)6-10(9)18(19)20/h3-4,6H,2,5,7H2,1H3. The summed E-state index contributed by atoms with van der Waals surface area (Å²) < 4.78 is 15.0. The van der Waals surface area contributed by atoms with E-state index >= 15 is 0 Å². The van der Waals surface area contributed by atoms with Crippen molar-refractivity contribution in [2.75, 3.05) is 0 Å². The molecule has 0 saturated carbocycles. The van der Waals surface area contributed by atoms with Gasteiger partial charge in [0.15, 0.2) is 5.82 Å². The van der Waals surface area contributed by atoms with Gasteiger partial charge in [0.05, 0.1) is 21.9 Å². The summed E-state index contributed by atoms with van der Waals surface area (Å²) in [5, 5.41) is 19.6. The van der Waals surface area contributed by atoms with Gasteiger partial charge in [-0.1, -0.05) is 22.9 Å². The zero-order valence-corrected chi connectivity index (χ0v) is 12.3. The number of nitrogens with zero attached hydrogens (tertiary/aromatic N) is 4. The van der Waals surface area contributed by atoms with Gasteiger partial charge in [-0.2, -0.15) is 0 Å². The van der Waals surface area contributed by atoms with Crippen molar-refractivity contribution in [3.63, 3.8) is 0 Å². The molecule has 8 heteroatoms. The summed E-state index contributed by atoms with van der Waals surface area (Å²) in [5.74, 6) is 0.413. The molecule has 2 rings (SSSR count). The predicted octanol–water partition coefficient (Wildman–Crippen LogP) is 3.30. The van der Waals surface area contributed by atoms with E-state index in [0.29, 0.717) is 23.5 Å². The molecule has 106 valence electrons. The van der Waals surface area contributed by atoms with E-state index in [-0.39, 0.29) is 11.3 Å². The molecule has 0 N–H and O–H groups in total. The first-order chi connectivity index (χ1) is 9.58. The molecule has 0 spiro atoms. The lowest BCUT2D eigenvalue weighted by Gasteiger charge is -2.08. The molecule has 0 aliphatic heterocycles. The van der Waals surface area contributed by atoms with Gasteiger partial charge in [-0.25, -0.2) is 4.39 Å². The molecule has 2 aromatic rings. The van der Waals surface area contributed by atoms with Gasteiger partial charge >= 0.3 is 0 Å². The first-order valence-electron chi connectivity index (χ1n) is 6.00. The van der Waals surface area contributed by atoms with Crippen molar-refractivity contribution in [1.82, 2.24) is 14.8 Å². The van der Waals surface area contributed by atoms with Crippen LogP contribution < -0.4 is 0 Å². The SMILES string of the molecule is CCCn1c(CBr)nnc1-c1ccc(F)cc1[N+](=O)[O-]. The van der Waals surface area contributed by atoms with Crippen molar-refractivity contribution in [3.8, 4) is 11.4 Å². The summed E-state index contributed by atoms with van der Waals surface area (Å²) in [6, 6.07) is 3.44. The third-order valence-corrected chi connectivity index (χ3v) is 3.29. The lowest BCUT2D eigenvalue weighted by molar-refractivity contribution is -0.384. The smallest absolute Gasteiger partial charge is 0.283 e. The highest BCUT2D eigenvalue weighted by Crippen LogP contribution is 2.30. The molecule has 0 aliphatic carbocycles. The third kappa shape index (κ3) is 2.69. The van der Waals surface area contributed by atoms with Crippen LogP contribution in [0.4, 0.5) is 10.1 Å². The number of alkyl halides is 1. The van der Waals surface area contributed by atoms with Crippen LogP contribution in [0.3, 0.4) is 0 Å². The van der Waals surface area contributed by atoms with E-state index in [1.54, 1.807) is 4.57 Å². The Morgan fingerprint density at radius 2 is 2.20 bits per heavy atom. The second kappa shape index (κ2) is 6.08. The Labute approximate surface area is 122 Å². The third-order valence-electron chi connectivity index (χ3n) is 2.79. The van der Waals surface area contributed by atoms with E-state index in [0.717, 1.165) is 12.5 Å². The van der Waals surface area contributed by atoms with Crippen LogP contribution >= 0.6 is 15.9 Å².